The number of aromatic nitrogens is 1. The summed E-state index contributed by atoms with van der Waals surface area (Å²) in [6.45, 7) is 2.24. The van der Waals surface area contributed by atoms with Crippen LogP contribution in [0.1, 0.15) is 51.0 Å². The second kappa shape index (κ2) is 7.50. The molecule has 0 bridgehead atoms. The second-order valence-corrected chi connectivity index (χ2v) is 4.57. The van der Waals surface area contributed by atoms with E-state index in [0.717, 1.165) is 12.0 Å². The number of nitrogen functional groups attached to an aromatic ring is 1. The highest BCUT2D eigenvalue weighted by atomic mass is 35.5. The van der Waals surface area contributed by atoms with Crippen molar-refractivity contribution in [3.05, 3.63) is 22.8 Å². The number of halogens is 1. The Morgan fingerprint density at radius 2 is 1.88 bits per heavy atom. The van der Waals surface area contributed by atoms with Crippen LogP contribution in [0.4, 0.5) is 5.82 Å². The number of nitrogens with two attached hydrogens (primary N) is 1. The van der Waals surface area contributed by atoms with Gasteiger partial charge in [0, 0.05) is 6.20 Å². The predicted octanol–water partition coefficient (Wildman–Crippen LogP) is 4.22. The van der Waals surface area contributed by atoms with Gasteiger partial charge in [0.05, 0.1) is 5.02 Å². The van der Waals surface area contributed by atoms with E-state index in [4.69, 9.17) is 17.3 Å². The van der Waals surface area contributed by atoms with Crippen molar-refractivity contribution in [3.8, 4) is 0 Å². The minimum absolute atomic E-state index is 0.449. The Labute approximate surface area is 103 Å². The van der Waals surface area contributed by atoms with Gasteiger partial charge < -0.3 is 5.73 Å². The van der Waals surface area contributed by atoms with E-state index in [-0.39, 0.29) is 0 Å². The van der Waals surface area contributed by atoms with Gasteiger partial charge in [-0.15, -0.1) is 0 Å². The van der Waals surface area contributed by atoms with E-state index >= 15 is 0 Å². The largest absolute Gasteiger partial charge is 0.382 e. The quantitative estimate of drug-likeness (QED) is 0.725. The molecule has 0 saturated carbocycles. The summed E-state index contributed by atoms with van der Waals surface area (Å²) in [4.78, 5) is 3.95. The molecule has 0 unspecified atom stereocenters. The van der Waals surface area contributed by atoms with Crippen LogP contribution in [0, 0.1) is 0 Å². The molecule has 90 valence electrons. The topological polar surface area (TPSA) is 38.9 Å². The first-order valence-electron chi connectivity index (χ1n) is 6.14. The van der Waals surface area contributed by atoms with E-state index < -0.39 is 0 Å². The molecule has 0 aromatic carbocycles. The van der Waals surface area contributed by atoms with Crippen LogP contribution in [0.3, 0.4) is 0 Å². The SMILES string of the molecule is CCCCCCCCc1ccnc(N)c1Cl. The van der Waals surface area contributed by atoms with Gasteiger partial charge in [-0.25, -0.2) is 4.98 Å². The van der Waals surface area contributed by atoms with Crippen LogP contribution < -0.4 is 5.73 Å². The Morgan fingerprint density at radius 1 is 1.19 bits per heavy atom. The number of unbranched alkanes of at least 4 members (excludes halogenated alkanes) is 5. The smallest absolute Gasteiger partial charge is 0.142 e. The van der Waals surface area contributed by atoms with Crippen molar-refractivity contribution in [1.29, 1.82) is 0 Å². The van der Waals surface area contributed by atoms with E-state index in [1.165, 1.54) is 38.5 Å². The molecular formula is C13H21ClN2. The molecule has 0 saturated heterocycles. The van der Waals surface area contributed by atoms with Gasteiger partial charge in [-0.1, -0.05) is 50.6 Å². The molecule has 0 spiro atoms. The monoisotopic (exact) mass is 240 g/mol. The van der Waals surface area contributed by atoms with Gasteiger partial charge >= 0.3 is 0 Å². The fourth-order valence-electron chi connectivity index (χ4n) is 1.79. The lowest BCUT2D eigenvalue weighted by molar-refractivity contribution is 0.607. The summed E-state index contributed by atoms with van der Waals surface area (Å²) in [5.74, 6) is 0.449. The summed E-state index contributed by atoms with van der Waals surface area (Å²) in [6, 6.07) is 1.96. The number of rotatable bonds is 7. The Balaban J connectivity index is 2.24. The van der Waals surface area contributed by atoms with E-state index in [0.29, 0.717) is 10.8 Å². The van der Waals surface area contributed by atoms with Gasteiger partial charge in [0.15, 0.2) is 0 Å². The van der Waals surface area contributed by atoms with Gasteiger partial charge in [0.1, 0.15) is 5.82 Å². The number of aryl methyl sites for hydroxylation is 1. The molecule has 3 heteroatoms. The van der Waals surface area contributed by atoms with Crippen molar-refractivity contribution in [3.63, 3.8) is 0 Å². The van der Waals surface area contributed by atoms with Crippen molar-refractivity contribution < 1.29 is 0 Å². The third kappa shape index (κ3) is 4.40. The standard InChI is InChI=1S/C13H21ClN2/c1-2-3-4-5-6-7-8-11-9-10-16-13(15)12(11)14/h9-10H,2-8H2,1H3,(H2,15,16). The lowest BCUT2D eigenvalue weighted by Crippen LogP contribution is -1.95. The molecule has 1 aromatic rings. The van der Waals surface area contributed by atoms with Crippen LogP contribution in [-0.4, -0.2) is 4.98 Å². The van der Waals surface area contributed by atoms with Gasteiger partial charge in [0.2, 0.25) is 0 Å². The van der Waals surface area contributed by atoms with Crippen LogP contribution in [0.15, 0.2) is 12.3 Å². The number of pyridine rings is 1. The van der Waals surface area contributed by atoms with E-state index in [2.05, 4.69) is 11.9 Å². The summed E-state index contributed by atoms with van der Waals surface area (Å²) >= 11 is 6.07. The highest BCUT2D eigenvalue weighted by Gasteiger charge is 2.03. The van der Waals surface area contributed by atoms with Crippen LogP contribution in [-0.2, 0) is 6.42 Å². The van der Waals surface area contributed by atoms with E-state index in [1.54, 1.807) is 6.20 Å². The maximum atomic E-state index is 6.07. The van der Waals surface area contributed by atoms with Crippen LogP contribution in [0.2, 0.25) is 5.02 Å². The molecule has 0 amide bonds. The Bertz CT molecular complexity index is 313. The Kier molecular flexibility index (Phi) is 6.24. The van der Waals surface area contributed by atoms with Gasteiger partial charge in [-0.05, 0) is 24.5 Å². The van der Waals surface area contributed by atoms with E-state index in [1.807, 2.05) is 6.07 Å². The molecule has 2 N–H and O–H groups in total. The summed E-state index contributed by atoms with van der Waals surface area (Å²) in [7, 11) is 0. The third-order valence-electron chi connectivity index (χ3n) is 2.80. The summed E-state index contributed by atoms with van der Waals surface area (Å²) in [5, 5.41) is 0.635. The minimum atomic E-state index is 0.449. The number of hydrogen-bond acceptors (Lipinski definition) is 2. The van der Waals surface area contributed by atoms with Gasteiger partial charge in [-0.3, -0.25) is 0 Å². The summed E-state index contributed by atoms with van der Waals surface area (Å²) in [6.07, 6.45) is 10.5. The molecule has 0 aliphatic heterocycles. The first-order valence-corrected chi connectivity index (χ1v) is 6.52. The fourth-order valence-corrected chi connectivity index (χ4v) is 2.00. The third-order valence-corrected chi connectivity index (χ3v) is 3.23. The molecule has 1 rings (SSSR count). The zero-order valence-corrected chi connectivity index (χ0v) is 10.8. The molecule has 0 atom stereocenters. The fraction of sp³-hybridized carbons (Fsp3) is 0.615. The average Bonchev–Trinajstić information content (AvgIpc) is 2.29. The Hall–Kier alpha value is -0.760. The molecular weight excluding hydrogens is 220 g/mol. The number of hydrogen-bond donors (Lipinski definition) is 1. The number of anilines is 1. The molecule has 0 radical (unpaired) electrons. The number of nitrogens with zero attached hydrogens (tertiary/aromatic N) is 1. The zero-order valence-electron chi connectivity index (χ0n) is 10.0. The van der Waals surface area contributed by atoms with Crippen molar-refractivity contribution in [2.45, 2.75) is 51.9 Å². The molecule has 0 fully saturated rings. The van der Waals surface area contributed by atoms with Crippen LogP contribution in [0.5, 0.6) is 0 Å². The highest BCUT2D eigenvalue weighted by molar-refractivity contribution is 6.33. The zero-order chi connectivity index (χ0) is 11.8. The van der Waals surface area contributed by atoms with Crippen molar-refractivity contribution in [1.82, 2.24) is 4.98 Å². The molecule has 1 aromatic heterocycles. The lowest BCUT2D eigenvalue weighted by Gasteiger charge is -2.05. The molecule has 0 aliphatic carbocycles. The second-order valence-electron chi connectivity index (χ2n) is 4.19. The van der Waals surface area contributed by atoms with Crippen molar-refractivity contribution in [2.24, 2.45) is 0 Å². The van der Waals surface area contributed by atoms with Crippen molar-refractivity contribution >= 4 is 17.4 Å². The maximum absolute atomic E-state index is 6.07. The molecule has 16 heavy (non-hydrogen) atoms. The van der Waals surface area contributed by atoms with E-state index in [9.17, 15) is 0 Å². The molecule has 2 nitrogen and oxygen atoms in total. The minimum Gasteiger partial charge on any atom is -0.382 e. The van der Waals surface area contributed by atoms with Crippen molar-refractivity contribution in [2.75, 3.05) is 5.73 Å². The first-order chi connectivity index (χ1) is 7.75. The predicted molar refractivity (Wildman–Crippen MR) is 70.7 cm³/mol. The van der Waals surface area contributed by atoms with Gasteiger partial charge in [0.25, 0.3) is 0 Å². The lowest BCUT2D eigenvalue weighted by atomic mass is 10.1. The first kappa shape index (κ1) is 13.3. The van der Waals surface area contributed by atoms with Crippen LogP contribution in [0.25, 0.3) is 0 Å². The summed E-state index contributed by atoms with van der Waals surface area (Å²) in [5.41, 5.74) is 6.78. The Morgan fingerprint density at radius 3 is 2.62 bits per heavy atom. The highest BCUT2D eigenvalue weighted by Crippen LogP contribution is 2.22. The molecule has 0 aliphatic rings. The average molecular weight is 241 g/mol. The maximum Gasteiger partial charge on any atom is 0.142 e. The normalized spacial score (nSPS) is 10.6. The molecule has 1 heterocycles. The van der Waals surface area contributed by atoms with Gasteiger partial charge in [-0.2, -0.15) is 0 Å². The van der Waals surface area contributed by atoms with Crippen LogP contribution >= 0.6 is 11.6 Å². The summed E-state index contributed by atoms with van der Waals surface area (Å²) < 4.78 is 0.